The van der Waals surface area contributed by atoms with Crippen LogP contribution in [-0.4, -0.2) is 78.5 Å². The molecule has 0 aromatic heterocycles. The number of amides is 2. The summed E-state index contributed by atoms with van der Waals surface area (Å²) in [7, 11) is 0. The van der Waals surface area contributed by atoms with Crippen LogP contribution < -0.4 is 0 Å². The van der Waals surface area contributed by atoms with Crippen LogP contribution in [-0.2, 0) is 14.3 Å². The molecular weight excluding hydrogens is 288 g/mol. The molecule has 22 heavy (non-hydrogen) atoms. The molecule has 1 aliphatic carbocycles. The molecule has 0 aromatic rings. The van der Waals surface area contributed by atoms with E-state index >= 15 is 0 Å². The molecule has 0 bridgehead atoms. The normalized spacial score (nSPS) is 27.0. The maximum atomic E-state index is 12.6. The van der Waals surface area contributed by atoms with Crippen molar-refractivity contribution in [3.05, 3.63) is 0 Å². The van der Waals surface area contributed by atoms with Crippen molar-refractivity contribution in [2.45, 2.75) is 37.9 Å². The average molecular weight is 312 g/mol. The first-order valence-electron chi connectivity index (χ1n) is 8.12. The molecule has 7 heteroatoms. The Kier molecular flexibility index (Phi) is 4.83. The number of carbonyl (C=O) groups excluding carboxylic acids is 1. The number of likely N-dealkylation sites (tertiary alicyclic amines) is 1. The van der Waals surface area contributed by atoms with Crippen molar-refractivity contribution in [2.75, 3.05) is 39.4 Å². The van der Waals surface area contributed by atoms with Crippen molar-refractivity contribution in [3.63, 3.8) is 0 Å². The van der Waals surface area contributed by atoms with Crippen LogP contribution in [0.1, 0.15) is 25.7 Å². The van der Waals surface area contributed by atoms with Gasteiger partial charge in [-0.15, -0.1) is 0 Å². The number of carboxylic acids is 1. The van der Waals surface area contributed by atoms with Crippen molar-refractivity contribution in [1.29, 1.82) is 0 Å². The number of urea groups is 1. The molecule has 124 valence electrons. The van der Waals surface area contributed by atoms with Crippen molar-refractivity contribution >= 4 is 12.0 Å². The molecule has 1 atom stereocenters. The van der Waals surface area contributed by atoms with E-state index in [0.29, 0.717) is 51.5 Å². The number of rotatable bonds is 4. The Morgan fingerprint density at radius 1 is 1.09 bits per heavy atom. The summed E-state index contributed by atoms with van der Waals surface area (Å²) in [5.41, 5.74) is 0. The van der Waals surface area contributed by atoms with E-state index in [2.05, 4.69) is 0 Å². The van der Waals surface area contributed by atoms with Gasteiger partial charge in [-0.1, -0.05) is 0 Å². The van der Waals surface area contributed by atoms with E-state index in [1.807, 2.05) is 9.80 Å². The van der Waals surface area contributed by atoms with E-state index in [1.165, 1.54) is 12.8 Å². The lowest BCUT2D eigenvalue weighted by Crippen LogP contribution is -2.53. The average Bonchev–Trinajstić information content (AvgIpc) is 3.38. The molecule has 2 saturated heterocycles. The molecule has 1 unspecified atom stereocenters. The molecule has 2 aliphatic heterocycles. The standard InChI is InChI=1S/C15H24N2O5/c18-14(19)10-22-12-3-5-16(6-4-12)15(20)17-7-8-21-13(9-17)11-1-2-11/h11-13H,1-10H2,(H,18,19). The van der Waals surface area contributed by atoms with E-state index in [4.69, 9.17) is 14.6 Å². The number of aliphatic carboxylic acids is 1. The first-order chi connectivity index (χ1) is 10.6. The fraction of sp³-hybridized carbons (Fsp3) is 0.867. The van der Waals surface area contributed by atoms with Crippen LogP contribution in [0.2, 0.25) is 0 Å². The molecule has 1 saturated carbocycles. The SMILES string of the molecule is O=C(O)COC1CCN(C(=O)N2CCOC(C3CC3)C2)CC1. The molecule has 2 heterocycles. The quantitative estimate of drug-likeness (QED) is 0.830. The first-order valence-corrected chi connectivity index (χ1v) is 8.12. The topological polar surface area (TPSA) is 79.3 Å². The largest absolute Gasteiger partial charge is 0.480 e. The van der Waals surface area contributed by atoms with Gasteiger partial charge >= 0.3 is 12.0 Å². The Morgan fingerprint density at radius 2 is 1.82 bits per heavy atom. The molecule has 1 N–H and O–H groups in total. The molecule has 3 aliphatic rings. The lowest BCUT2D eigenvalue weighted by atomic mass is 10.1. The van der Waals surface area contributed by atoms with Gasteiger partial charge in [-0.25, -0.2) is 9.59 Å². The highest BCUT2D eigenvalue weighted by molar-refractivity contribution is 5.74. The first kappa shape index (κ1) is 15.6. The molecule has 2 amide bonds. The molecule has 0 spiro atoms. The minimum absolute atomic E-state index is 0.0518. The molecule has 0 aromatic carbocycles. The van der Waals surface area contributed by atoms with Crippen molar-refractivity contribution < 1.29 is 24.2 Å². The second-order valence-corrected chi connectivity index (χ2v) is 6.37. The van der Waals surface area contributed by atoms with Crippen LogP contribution in [0, 0.1) is 5.92 Å². The fourth-order valence-corrected chi connectivity index (χ4v) is 3.21. The Balaban J connectivity index is 1.44. The highest BCUT2D eigenvalue weighted by atomic mass is 16.5. The van der Waals surface area contributed by atoms with Gasteiger partial charge in [0.1, 0.15) is 6.61 Å². The fourth-order valence-electron chi connectivity index (χ4n) is 3.21. The van der Waals surface area contributed by atoms with Gasteiger partial charge in [-0.3, -0.25) is 0 Å². The summed E-state index contributed by atoms with van der Waals surface area (Å²) >= 11 is 0. The molecule has 7 nitrogen and oxygen atoms in total. The number of piperidine rings is 1. The van der Waals surface area contributed by atoms with Crippen LogP contribution in [0.25, 0.3) is 0 Å². The minimum Gasteiger partial charge on any atom is -0.480 e. The second kappa shape index (κ2) is 6.83. The van der Waals surface area contributed by atoms with Gasteiger partial charge in [0.2, 0.25) is 0 Å². The summed E-state index contributed by atoms with van der Waals surface area (Å²) in [6, 6.07) is 0.0886. The number of carbonyl (C=O) groups is 2. The molecule has 3 fully saturated rings. The summed E-state index contributed by atoms with van der Waals surface area (Å²) in [6.45, 7) is 3.01. The van der Waals surface area contributed by atoms with E-state index < -0.39 is 5.97 Å². The van der Waals surface area contributed by atoms with Gasteiger partial charge < -0.3 is 24.4 Å². The molecule has 0 radical (unpaired) electrons. The van der Waals surface area contributed by atoms with Crippen LogP contribution in [0.15, 0.2) is 0 Å². The van der Waals surface area contributed by atoms with E-state index in [0.717, 1.165) is 0 Å². The summed E-state index contributed by atoms with van der Waals surface area (Å²) < 4.78 is 11.1. The Labute approximate surface area is 130 Å². The van der Waals surface area contributed by atoms with Crippen molar-refractivity contribution in [1.82, 2.24) is 9.80 Å². The Morgan fingerprint density at radius 3 is 2.45 bits per heavy atom. The number of ether oxygens (including phenoxy) is 2. The van der Waals surface area contributed by atoms with Crippen LogP contribution in [0.5, 0.6) is 0 Å². The predicted molar refractivity (Wildman–Crippen MR) is 77.6 cm³/mol. The highest BCUT2D eigenvalue weighted by Gasteiger charge is 2.37. The maximum Gasteiger partial charge on any atom is 0.329 e. The maximum absolute atomic E-state index is 12.6. The van der Waals surface area contributed by atoms with Crippen LogP contribution >= 0.6 is 0 Å². The predicted octanol–water partition coefficient (Wildman–Crippen LogP) is 0.783. The zero-order valence-corrected chi connectivity index (χ0v) is 12.8. The van der Waals surface area contributed by atoms with Gasteiger partial charge in [-0.2, -0.15) is 0 Å². The zero-order valence-electron chi connectivity index (χ0n) is 12.8. The summed E-state index contributed by atoms with van der Waals surface area (Å²) in [5.74, 6) is -0.302. The Hall–Kier alpha value is -1.34. The smallest absolute Gasteiger partial charge is 0.329 e. The molecular formula is C15H24N2O5. The summed E-state index contributed by atoms with van der Waals surface area (Å²) in [6.07, 6.45) is 4.02. The molecule has 3 rings (SSSR count). The number of nitrogens with zero attached hydrogens (tertiary/aromatic N) is 2. The van der Waals surface area contributed by atoms with Crippen molar-refractivity contribution in [3.8, 4) is 0 Å². The van der Waals surface area contributed by atoms with Gasteiger partial charge in [0.15, 0.2) is 0 Å². The Bertz CT molecular complexity index is 418. The number of hydrogen-bond acceptors (Lipinski definition) is 4. The summed E-state index contributed by atoms with van der Waals surface area (Å²) in [4.78, 5) is 26.8. The van der Waals surface area contributed by atoms with E-state index in [1.54, 1.807) is 0 Å². The lowest BCUT2D eigenvalue weighted by Gasteiger charge is -2.39. The summed E-state index contributed by atoms with van der Waals surface area (Å²) in [5, 5.41) is 8.62. The zero-order chi connectivity index (χ0) is 15.5. The second-order valence-electron chi connectivity index (χ2n) is 6.37. The number of hydrogen-bond donors (Lipinski definition) is 1. The van der Waals surface area contributed by atoms with E-state index in [-0.39, 0.29) is 24.8 Å². The van der Waals surface area contributed by atoms with Gasteiger partial charge in [0.25, 0.3) is 0 Å². The minimum atomic E-state index is -0.946. The van der Waals surface area contributed by atoms with Crippen LogP contribution in [0.3, 0.4) is 0 Å². The number of carboxylic acid groups (broad SMARTS) is 1. The third-order valence-corrected chi connectivity index (χ3v) is 4.67. The third kappa shape index (κ3) is 3.89. The number of morpholine rings is 1. The van der Waals surface area contributed by atoms with Gasteiger partial charge in [0, 0.05) is 26.2 Å². The monoisotopic (exact) mass is 312 g/mol. The third-order valence-electron chi connectivity index (χ3n) is 4.67. The van der Waals surface area contributed by atoms with Crippen molar-refractivity contribution in [2.24, 2.45) is 5.92 Å². The van der Waals surface area contributed by atoms with Gasteiger partial charge in [-0.05, 0) is 31.6 Å². The van der Waals surface area contributed by atoms with Crippen LogP contribution in [0.4, 0.5) is 4.79 Å². The lowest BCUT2D eigenvalue weighted by molar-refractivity contribution is -0.145. The van der Waals surface area contributed by atoms with E-state index in [9.17, 15) is 9.59 Å². The van der Waals surface area contributed by atoms with Gasteiger partial charge in [0.05, 0.1) is 18.8 Å². The highest BCUT2D eigenvalue weighted by Crippen LogP contribution is 2.35.